The molecular weight excluding hydrogens is 599 g/mol. The van der Waals surface area contributed by atoms with Gasteiger partial charge in [-0.2, -0.15) is 10.2 Å². The van der Waals surface area contributed by atoms with Crippen molar-refractivity contribution in [1.29, 1.82) is 0 Å². The summed E-state index contributed by atoms with van der Waals surface area (Å²) in [6.45, 7) is 4.26. The summed E-state index contributed by atoms with van der Waals surface area (Å²) in [7, 11) is 5.82. The minimum absolute atomic E-state index is 0.481. The maximum absolute atomic E-state index is 6.05. The number of rotatable bonds is 7. The van der Waals surface area contributed by atoms with Gasteiger partial charge in [0.15, 0.2) is 0 Å². The summed E-state index contributed by atoms with van der Waals surface area (Å²) in [5, 5.41) is 17.8. The van der Waals surface area contributed by atoms with Gasteiger partial charge in [0, 0.05) is 23.1 Å². The van der Waals surface area contributed by atoms with Crippen LogP contribution in [0.5, 0.6) is 0 Å². The van der Waals surface area contributed by atoms with Gasteiger partial charge in [-0.3, -0.25) is 0 Å². The van der Waals surface area contributed by atoms with E-state index >= 15 is 0 Å². The molecule has 5 nitrogen and oxygen atoms in total. The van der Waals surface area contributed by atoms with Gasteiger partial charge in [-0.05, 0) is 82.6 Å². The zero-order valence-electron chi connectivity index (χ0n) is 27.3. The molecule has 0 spiro atoms. The van der Waals surface area contributed by atoms with Crippen LogP contribution in [0.2, 0.25) is 0 Å². The largest absolute Gasteiger partial charge is 0.416 e. The molecule has 8 rings (SSSR count). The summed E-state index contributed by atoms with van der Waals surface area (Å²) in [6.07, 6.45) is 0.706. The Balaban J connectivity index is 0.913. The van der Waals surface area contributed by atoms with E-state index in [2.05, 4.69) is 113 Å². The first-order valence-corrected chi connectivity index (χ1v) is 16.3. The van der Waals surface area contributed by atoms with Gasteiger partial charge in [-0.1, -0.05) is 126 Å². The monoisotopic (exact) mass is 630 g/mol. The lowest BCUT2D eigenvalue weighted by molar-refractivity contribution is 0.584. The molecule has 0 bridgehead atoms. The van der Waals surface area contributed by atoms with Gasteiger partial charge in [0.25, 0.3) is 0 Å². The highest BCUT2D eigenvalue weighted by molar-refractivity contribution is 6.32. The fraction of sp³-hybridized carbons (Fsp3) is 0.0698. The fourth-order valence-electron chi connectivity index (χ4n) is 6.17. The Morgan fingerprint density at radius 2 is 0.857 bits per heavy atom. The van der Waals surface area contributed by atoms with Gasteiger partial charge in [0.1, 0.15) is 7.85 Å². The van der Waals surface area contributed by atoms with Crippen molar-refractivity contribution in [2.24, 2.45) is 10.2 Å². The second kappa shape index (κ2) is 12.8. The van der Waals surface area contributed by atoms with Gasteiger partial charge in [-0.25, -0.2) is 0 Å². The van der Waals surface area contributed by atoms with E-state index in [1.54, 1.807) is 0 Å². The lowest BCUT2D eigenvalue weighted by Crippen LogP contribution is -2.07. The number of nitrogens with zero attached hydrogens (tertiary/aromatic N) is 4. The maximum Gasteiger partial charge on any atom is 0.248 e. The molecule has 0 unspecified atom stereocenters. The van der Waals surface area contributed by atoms with E-state index in [0.29, 0.717) is 18.2 Å². The van der Waals surface area contributed by atoms with Crippen LogP contribution in [0.25, 0.3) is 56.3 Å². The molecule has 6 heteroatoms. The molecule has 6 aromatic carbocycles. The van der Waals surface area contributed by atoms with E-state index < -0.39 is 0 Å². The van der Waals surface area contributed by atoms with Gasteiger partial charge >= 0.3 is 0 Å². The Kier molecular flexibility index (Phi) is 7.90. The van der Waals surface area contributed by atoms with Crippen molar-refractivity contribution in [1.82, 2.24) is 10.2 Å². The van der Waals surface area contributed by atoms with Gasteiger partial charge in [0.2, 0.25) is 11.8 Å². The summed E-state index contributed by atoms with van der Waals surface area (Å²) < 4.78 is 6.05. The first kappa shape index (κ1) is 30.2. The van der Waals surface area contributed by atoms with Crippen molar-refractivity contribution in [3.05, 3.63) is 162 Å². The highest BCUT2D eigenvalue weighted by atomic mass is 16.4. The SMILES string of the molecule is [B]c1ccc(-c2ccc(-c3nnc(-c4ccc(-c5ccc(C6=NN=C(c7ccc(-c8ccc(C)cc8)cc7C)C6)cc5)cc4)o3)cc2)cc1. The minimum atomic E-state index is 0.481. The first-order valence-electron chi connectivity index (χ1n) is 16.3. The zero-order chi connectivity index (χ0) is 33.3. The lowest BCUT2D eigenvalue weighted by atomic mass is 9.93. The maximum atomic E-state index is 6.05. The first-order chi connectivity index (χ1) is 24.0. The van der Waals surface area contributed by atoms with Crippen LogP contribution in [0.3, 0.4) is 0 Å². The van der Waals surface area contributed by atoms with E-state index in [1.165, 1.54) is 22.3 Å². The third kappa shape index (κ3) is 6.29. The van der Waals surface area contributed by atoms with Crippen LogP contribution in [0.15, 0.2) is 154 Å². The Labute approximate surface area is 287 Å². The Bertz CT molecular complexity index is 2340. The molecule has 2 heterocycles. The number of hydrogen-bond acceptors (Lipinski definition) is 5. The third-order valence-electron chi connectivity index (χ3n) is 9.03. The smallest absolute Gasteiger partial charge is 0.248 e. The summed E-state index contributed by atoms with van der Waals surface area (Å²) in [5.74, 6) is 0.962. The molecule has 0 aliphatic carbocycles. The second-order valence-corrected chi connectivity index (χ2v) is 12.4. The zero-order valence-corrected chi connectivity index (χ0v) is 27.3. The van der Waals surface area contributed by atoms with Crippen molar-refractivity contribution >= 4 is 24.7 Å². The quantitative estimate of drug-likeness (QED) is 0.165. The molecular formula is C43H31BN4O. The minimum Gasteiger partial charge on any atom is -0.416 e. The molecule has 232 valence electrons. The van der Waals surface area contributed by atoms with E-state index in [1.807, 2.05) is 60.7 Å². The number of benzene rings is 6. The molecule has 1 aromatic heterocycles. The van der Waals surface area contributed by atoms with Crippen LogP contribution in [-0.2, 0) is 0 Å². The van der Waals surface area contributed by atoms with Crippen molar-refractivity contribution < 1.29 is 4.42 Å². The fourth-order valence-corrected chi connectivity index (χ4v) is 6.17. The average Bonchev–Trinajstić information content (AvgIpc) is 3.84. The number of hydrogen-bond donors (Lipinski definition) is 0. The highest BCUT2D eigenvalue weighted by Gasteiger charge is 2.18. The van der Waals surface area contributed by atoms with E-state index in [9.17, 15) is 0 Å². The predicted molar refractivity (Wildman–Crippen MR) is 200 cm³/mol. The molecule has 2 radical (unpaired) electrons. The van der Waals surface area contributed by atoms with Crippen LogP contribution < -0.4 is 5.46 Å². The molecule has 0 N–H and O–H groups in total. The second-order valence-electron chi connectivity index (χ2n) is 12.4. The molecule has 1 aliphatic heterocycles. The van der Waals surface area contributed by atoms with E-state index in [4.69, 9.17) is 12.3 Å². The van der Waals surface area contributed by atoms with Crippen LogP contribution in [0.4, 0.5) is 0 Å². The summed E-state index contributed by atoms with van der Waals surface area (Å²) >= 11 is 0. The van der Waals surface area contributed by atoms with Gasteiger partial charge in [-0.15, -0.1) is 10.2 Å². The van der Waals surface area contributed by atoms with Crippen molar-refractivity contribution in [2.45, 2.75) is 20.3 Å². The summed E-state index contributed by atoms with van der Waals surface area (Å²) in [6, 6.07) is 47.8. The Morgan fingerprint density at radius 1 is 0.449 bits per heavy atom. The average molecular weight is 631 g/mol. The topological polar surface area (TPSA) is 63.6 Å². The predicted octanol–water partition coefficient (Wildman–Crippen LogP) is 9.41. The molecule has 0 saturated carbocycles. The molecule has 0 amide bonds. The molecule has 1 aliphatic rings. The molecule has 0 atom stereocenters. The Hall–Kier alpha value is -6.14. The third-order valence-corrected chi connectivity index (χ3v) is 9.03. The summed E-state index contributed by atoms with van der Waals surface area (Å²) in [5.41, 5.74) is 16.0. The van der Waals surface area contributed by atoms with Crippen LogP contribution >= 0.6 is 0 Å². The lowest BCUT2D eigenvalue weighted by Gasteiger charge is -2.10. The number of aromatic nitrogens is 2. The van der Waals surface area contributed by atoms with Crippen molar-refractivity contribution in [3.63, 3.8) is 0 Å². The standard InChI is InChI=1S/C43H31BN4O/c1-27-3-5-33(6-4-27)37-21-24-39(28(2)25-37)41-26-40(45-46-41)34-13-7-29(8-14-34)30-9-15-35(16-10-30)42-47-48-43(49-42)36-17-11-31(12-18-36)32-19-22-38(44)23-20-32/h3-25H,26H2,1-2H3. The molecule has 0 fully saturated rings. The molecule has 0 saturated heterocycles. The van der Waals surface area contributed by atoms with Crippen LogP contribution in [0.1, 0.15) is 28.7 Å². The van der Waals surface area contributed by atoms with Crippen LogP contribution in [-0.4, -0.2) is 29.5 Å². The molecule has 7 aromatic rings. The van der Waals surface area contributed by atoms with Gasteiger partial charge < -0.3 is 4.42 Å². The Morgan fingerprint density at radius 3 is 1.39 bits per heavy atom. The van der Waals surface area contributed by atoms with E-state index in [-0.39, 0.29) is 0 Å². The van der Waals surface area contributed by atoms with Crippen molar-refractivity contribution in [2.75, 3.05) is 0 Å². The van der Waals surface area contributed by atoms with Gasteiger partial charge in [0.05, 0.1) is 11.4 Å². The highest BCUT2D eigenvalue weighted by Crippen LogP contribution is 2.30. The van der Waals surface area contributed by atoms with Crippen LogP contribution in [0, 0.1) is 13.8 Å². The molecule has 49 heavy (non-hydrogen) atoms. The van der Waals surface area contributed by atoms with Crippen molar-refractivity contribution in [3.8, 4) is 56.3 Å². The van der Waals surface area contributed by atoms with E-state index in [0.717, 1.165) is 61.4 Å². The normalized spacial score (nSPS) is 12.5. The number of aryl methyl sites for hydroxylation is 2. The summed E-state index contributed by atoms with van der Waals surface area (Å²) in [4.78, 5) is 0.